The van der Waals surface area contributed by atoms with Crippen molar-refractivity contribution in [3.63, 3.8) is 0 Å². The zero-order chi connectivity index (χ0) is 23.2. The van der Waals surface area contributed by atoms with Gasteiger partial charge < -0.3 is 10.1 Å². The van der Waals surface area contributed by atoms with E-state index >= 15 is 0 Å². The van der Waals surface area contributed by atoms with Crippen LogP contribution < -0.4 is 5.32 Å². The van der Waals surface area contributed by atoms with Gasteiger partial charge in [-0.25, -0.2) is 4.79 Å². The molecule has 0 radical (unpaired) electrons. The topological polar surface area (TPSA) is 102 Å². The van der Waals surface area contributed by atoms with Crippen molar-refractivity contribution in [3.05, 3.63) is 94.5 Å². The number of nitro groups is 1. The minimum atomic E-state index is -0.601. The van der Waals surface area contributed by atoms with Crippen molar-refractivity contribution in [1.29, 1.82) is 0 Å². The van der Waals surface area contributed by atoms with Crippen molar-refractivity contribution < 1.29 is 19.2 Å². The smallest absolute Gasteiger partial charge is 0.410 e. The molecule has 3 aromatic carbocycles. The van der Waals surface area contributed by atoms with Gasteiger partial charge in [0, 0.05) is 24.4 Å². The first kappa shape index (κ1) is 22.0. The van der Waals surface area contributed by atoms with Crippen molar-refractivity contribution in [2.24, 2.45) is 0 Å². The molecular weight excluding hydrogens is 422 g/mol. The van der Waals surface area contributed by atoms with Gasteiger partial charge in [0.2, 0.25) is 5.91 Å². The number of non-ortho nitro benzene ring substituents is 1. The first-order valence-corrected chi connectivity index (χ1v) is 10.6. The quantitative estimate of drug-likeness (QED) is 0.425. The molecule has 1 fully saturated rings. The predicted octanol–water partition coefficient (Wildman–Crippen LogP) is 5.00. The van der Waals surface area contributed by atoms with E-state index in [4.69, 9.17) is 4.74 Å². The first-order valence-electron chi connectivity index (χ1n) is 10.6. The fraction of sp³-hybridized carbons (Fsp3) is 0.200. The van der Waals surface area contributed by atoms with Crippen LogP contribution in [-0.2, 0) is 16.1 Å². The maximum Gasteiger partial charge on any atom is 0.410 e. The van der Waals surface area contributed by atoms with Crippen LogP contribution in [-0.4, -0.2) is 34.4 Å². The fourth-order valence-electron chi connectivity index (χ4n) is 3.84. The summed E-state index contributed by atoms with van der Waals surface area (Å²) >= 11 is 0. The summed E-state index contributed by atoms with van der Waals surface area (Å²) in [5, 5.41) is 13.7. The molecule has 33 heavy (non-hydrogen) atoms. The second-order valence-electron chi connectivity index (χ2n) is 7.77. The molecule has 1 heterocycles. The fourth-order valence-corrected chi connectivity index (χ4v) is 3.84. The summed E-state index contributed by atoms with van der Waals surface area (Å²) in [4.78, 5) is 37.4. The number of rotatable bonds is 6. The number of hydrogen-bond donors (Lipinski definition) is 1. The number of carbonyl (C=O) groups is 2. The zero-order valence-electron chi connectivity index (χ0n) is 17.8. The summed E-state index contributed by atoms with van der Waals surface area (Å²) in [6.07, 6.45) is 0.784. The highest BCUT2D eigenvalue weighted by Crippen LogP contribution is 2.26. The Morgan fingerprint density at radius 2 is 1.76 bits per heavy atom. The number of likely N-dealkylation sites (tertiary alicyclic amines) is 1. The van der Waals surface area contributed by atoms with E-state index in [1.54, 1.807) is 30.3 Å². The van der Waals surface area contributed by atoms with E-state index in [2.05, 4.69) is 5.32 Å². The van der Waals surface area contributed by atoms with Gasteiger partial charge in [-0.15, -0.1) is 0 Å². The average molecular weight is 445 g/mol. The number of anilines is 1. The number of nitro benzene ring substituents is 1. The van der Waals surface area contributed by atoms with E-state index < -0.39 is 17.1 Å². The standard InChI is InChI=1S/C25H23N3O5/c29-24(23-10-5-15-27(23)25(30)33-17-18-6-2-1-3-7-18)26-21-9-4-8-20(16-21)19-11-13-22(14-12-19)28(31)32/h1-4,6-9,11-14,16,23H,5,10,15,17H2,(H,26,29)/t23-/m0/s1. The Kier molecular flexibility index (Phi) is 6.64. The molecule has 1 N–H and O–H groups in total. The van der Waals surface area contributed by atoms with Crippen LogP contribution in [0.4, 0.5) is 16.2 Å². The summed E-state index contributed by atoms with van der Waals surface area (Å²) in [6, 6.07) is 22.2. The maximum atomic E-state index is 12.9. The van der Waals surface area contributed by atoms with Gasteiger partial charge >= 0.3 is 6.09 Å². The van der Waals surface area contributed by atoms with E-state index in [0.29, 0.717) is 18.7 Å². The molecule has 4 rings (SSSR count). The van der Waals surface area contributed by atoms with Gasteiger partial charge in [-0.1, -0.05) is 42.5 Å². The molecule has 3 aromatic rings. The zero-order valence-corrected chi connectivity index (χ0v) is 17.8. The molecule has 1 atom stereocenters. The Labute approximate surface area is 190 Å². The van der Waals surface area contributed by atoms with Crippen LogP contribution in [0, 0.1) is 10.1 Å². The number of carbonyl (C=O) groups excluding carboxylic acids is 2. The molecule has 0 aliphatic carbocycles. The molecular formula is C25H23N3O5. The highest BCUT2D eigenvalue weighted by atomic mass is 16.6. The number of benzene rings is 3. The summed E-state index contributed by atoms with van der Waals surface area (Å²) in [7, 11) is 0. The van der Waals surface area contributed by atoms with Crippen molar-refractivity contribution in [2.45, 2.75) is 25.5 Å². The van der Waals surface area contributed by atoms with Crippen LogP contribution in [0.2, 0.25) is 0 Å². The second kappa shape index (κ2) is 9.95. The minimum Gasteiger partial charge on any atom is -0.445 e. The molecule has 0 unspecified atom stereocenters. The number of ether oxygens (including phenoxy) is 1. The molecule has 1 aliphatic rings. The van der Waals surface area contributed by atoms with Crippen molar-refractivity contribution in [2.75, 3.05) is 11.9 Å². The van der Waals surface area contributed by atoms with E-state index in [9.17, 15) is 19.7 Å². The lowest BCUT2D eigenvalue weighted by molar-refractivity contribution is -0.384. The largest absolute Gasteiger partial charge is 0.445 e. The Bertz CT molecular complexity index is 1150. The second-order valence-corrected chi connectivity index (χ2v) is 7.77. The lowest BCUT2D eigenvalue weighted by Gasteiger charge is -2.23. The molecule has 1 aliphatic heterocycles. The summed E-state index contributed by atoms with van der Waals surface area (Å²) in [5.74, 6) is -0.273. The molecule has 168 valence electrons. The lowest BCUT2D eigenvalue weighted by Crippen LogP contribution is -2.43. The van der Waals surface area contributed by atoms with Gasteiger partial charge in [-0.3, -0.25) is 19.8 Å². The number of amides is 2. The van der Waals surface area contributed by atoms with Gasteiger partial charge in [0.05, 0.1) is 4.92 Å². The normalized spacial score (nSPS) is 15.2. The number of hydrogen-bond acceptors (Lipinski definition) is 5. The minimum absolute atomic E-state index is 0.0173. The Balaban J connectivity index is 1.40. The molecule has 0 aromatic heterocycles. The summed E-state index contributed by atoms with van der Waals surface area (Å²) in [5.41, 5.74) is 3.09. The molecule has 1 saturated heterocycles. The van der Waals surface area contributed by atoms with Crippen LogP contribution in [0.1, 0.15) is 18.4 Å². The van der Waals surface area contributed by atoms with E-state index in [1.807, 2.05) is 36.4 Å². The van der Waals surface area contributed by atoms with Crippen LogP contribution >= 0.6 is 0 Å². The monoisotopic (exact) mass is 445 g/mol. The highest BCUT2D eigenvalue weighted by Gasteiger charge is 2.35. The van der Waals surface area contributed by atoms with Crippen LogP contribution in [0.15, 0.2) is 78.9 Å². The van der Waals surface area contributed by atoms with E-state index in [1.165, 1.54) is 17.0 Å². The number of nitrogens with one attached hydrogen (secondary N) is 1. The molecule has 8 nitrogen and oxygen atoms in total. The highest BCUT2D eigenvalue weighted by molar-refractivity contribution is 5.97. The molecule has 8 heteroatoms. The Morgan fingerprint density at radius 3 is 2.48 bits per heavy atom. The van der Waals surface area contributed by atoms with Gasteiger partial charge in [-0.05, 0) is 53.8 Å². The SMILES string of the molecule is O=C(Nc1cccc(-c2ccc([N+](=O)[O-])cc2)c1)[C@@H]1CCCN1C(=O)OCc1ccccc1. The van der Waals surface area contributed by atoms with Gasteiger partial charge in [0.1, 0.15) is 12.6 Å². The molecule has 0 bridgehead atoms. The van der Waals surface area contributed by atoms with Crippen molar-refractivity contribution in [1.82, 2.24) is 4.90 Å². The predicted molar refractivity (Wildman–Crippen MR) is 124 cm³/mol. The Morgan fingerprint density at radius 1 is 1.00 bits per heavy atom. The molecule has 0 saturated carbocycles. The Hall–Kier alpha value is -4.20. The van der Waals surface area contributed by atoms with E-state index in [-0.39, 0.29) is 18.2 Å². The first-order chi connectivity index (χ1) is 16.0. The summed E-state index contributed by atoms with van der Waals surface area (Å²) < 4.78 is 5.41. The van der Waals surface area contributed by atoms with Crippen LogP contribution in [0.25, 0.3) is 11.1 Å². The average Bonchev–Trinajstić information content (AvgIpc) is 3.34. The van der Waals surface area contributed by atoms with Crippen LogP contribution in [0.5, 0.6) is 0 Å². The van der Waals surface area contributed by atoms with Gasteiger partial charge in [-0.2, -0.15) is 0 Å². The van der Waals surface area contributed by atoms with Crippen molar-refractivity contribution in [3.8, 4) is 11.1 Å². The van der Waals surface area contributed by atoms with Gasteiger partial charge in [0.25, 0.3) is 5.69 Å². The number of nitrogens with zero attached hydrogens (tertiary/aromatic N) is 2. The molecule has 2 amide bonds. The van der Waals surface area contributed by atoms with Crippen LogP contribution in [0.3, 0.4) is 0 Å². The third kappa shape index (κ3) is 5.35. The third-order valence-corrected chi connectivity index (χ3v) is 5.54. The maximum absolute atomic E-state index is 12.9. The lowest BCUT2D eigenvalue weighted by atomic mass is 10.0. The van der Waals surface area contributed by atoms with Crippen molar-refractivity contribution >= 4 is 23.4 Å². The summed E-state index contributed by atoms with van der Waals surface area (Å²) in [6.45, 7) is 0.621. The molecule has 0 spiro atoms. The third-order valence-electron chi connectivity index (χ3n) is 5.54. The van der Waals surface area contributed by atoms with Gasteiger partial charge in [0.15, 0.2) is 0 Å². The van der Waals surface area contributed by atoms with E-state index in [0.717, 1.165) is 23.1 Å².